The van der Waals surface area contributed by atoms with Crippen LogP contribution in [-0.2, 0) is 38.5 Å². The Morgan fingerprint density at radius 2 is 0.970 bits per heavy atom. The van der Waals surface area contributed by atoms with Crippen LogP contribution < -0.4 is 5.32 Å². The monoisotopic (exact) mass is 453 g/mol. The molecule has 0 bridgehead atoms. The van der Waals surface area contributed by atoms with Gasteiger partial charge in [-0.05, 0) is 65.6 Å². The van der Waals surface area contributed by atoms with E-state index in [1.54, 1.807) is 0 Å². The van der Waals surface area contributed by atoms with Gasteiger partial charge in [0, 0.05) is 13.1 Å². The highest BCUT2D eigenvalue weighted by atomic mass is 19.4. The molecule has 1 N–H and O–H groups in total. The van der Waals surface area contributed by atoms with Crippen molar-refractivity contribution >= 4 is 0 Å². The zero-order valence-corrected chi connectivity index (χ0v) is 19.4. The number of hydrogen-bond acceptors (Lipinski definition) is 1. The van der Waals surface area contributed by atoms with Crippen molar-refractivity contribution in [3.05, 3.63) is 106 Å². The molecule has 4 heteroatoms. The standard InChI is InChI=1S/C29H34F3N/c1-2-3-4-5-6-23-7-9-24(10-8-23)11-12-25-13-15-26(16-14-25)21-33-22-27-17-19-28(20-18-27)29(30,31)32/h7-10,13-20,33H,2-6,11-12,21-22H2,1H3. The predicted octanol–water partition coefficient (Wildman–Crippen LogP) is 7.90. The van der Waals surface area contributed by atoms with E-state index in [-0.39, 0.29) is 0 Å². The van der Waals surface area contributed by atoms with Crippen molar-refractivity contribution < 1.29 is 13.2 Å². The summed E-state index contributed by atoms with van der Waals surface area (Å²) in [4.78, 5) is 0. The molecule has 0 fully saturated rings. The summed E-state index contributed by atoms with van der Waals surface area (Å²) < 4.78 is 37.9. The third kappa shape index (κ3) is 8.70. The van der Waals surface area contributed by atoms with Crippen molar-refractivity contribution in [2.45, 2.75) is 71.1 Å². The molecule has 0 aliphatic heterocycles. The maximum absolute atomic E-state index is 12.6. The van der Waals surface area contributed by atoms with Crippen LogP contribution in [0.25, 0.3) is 0 Å². The summed E-state index contributed by atoms with van der Waals surface area (Å²) in [7, 11) is 0. The van der Waals surface area contributed by atoms with Crippen LogP contribution in [0.5, 0.6) is 0 Å². The first-order valence-electron chi connectivity index (χ1n) is 12.0. The summed E-state index contributed by atoms with van der Waals surface area (Å²) in [5, 5.41) is 3.30. The summed E-state index contributed by atoms with van der Waals surface area (Å²) in [5.41, 5.74) is 5.51. The Balaban J connectivity index is 1.38. The van der Waals surface area contributed by atoms with Crippen LogP contribution in [0.3, 0.4) is 0 Å². The van der Waals surface area contributed by atoms with Gasteiger partial charge < -0.3 is 5.32 Å². The fourth-order valence-corrected chi connectivity index (χ4v) is 3.90. The lowest BCUT2D eigenvalue weighted by Crippen LogP contribution is -2.13. The number of nitrogens with one attached hydrogen (secondary N) is 1. The van der Waals surface area contributed by atoms with Crippen molar-refractivity contribution in [1.29, 1.82) is 0 Å². The van der Waals surface area contributed by atoms with E-state index in [9.17, 15) is 13.2 Å². The number of benzene rings is 3. The largest absolute Gasteiger partial charge is 0.416 e. The van der Waals surface area contributed by atoms with E-state index in [4.69, 9.17) is 0 Å². The average Bonchev–Trinajstić information content (AvgIpc) is 2.82. The molecule has 0 amide bonds. The lowest BCUT2D eigenvalue weighted by Gasteiger charge is -2.09. The quantitative estimate of drug-likeness (QED) is 0.275. The van der Waals surface area contributed by atoms with E-state index in [0.717, 1.165) is 36.1 Å². The number of rotatable bonds is 12. The maximum Gasteiger partial charge on any atom is 0.416 e. The van der Waals surface area contributed by atoms with Crippen molar-refractivity contribution in [2.75, 3.05) is 0 Å². The highest BCUT2D eigenvalue weighted by molar-refractivity contribution is 5.27. The first kappa shape index (κ1) is 25.0. The molecule has 0 aromatic heterocycles. The van der Waals surface area contributed by atoms with Crippen LogP contribution in [0.2, 0.25) is 0 Å². The van der Waals surface area contributed by atoms with Gasteiger partial charge in [0.15, 0.2) is 0 Å². The molecule has 0 atom stereocenters. The molecule has 3 aromatic rings. The normalized spacial score (nSPS) is 11.6. The van der Waals surface area contributed by atoms with Crippen molar-refractivity contribution in [1.82, 2.24) is 5.32 Å². The minimum absolute atomic E-state index is 0.536. The van der Waals surface area contributed by atoms with Gasteiger partial charge in [0.1, 0.15) is 0 Å². The Morgan fingerprint density at radius 3 is 1.42 bits per heavy atom. The molecule has 1 nitrogen and oxygen atoms in total. The van der Waals surface area contributed by atoms with Crippen LogP contribution in [0.1, 0.15) is 66.0 Å². The van der Waals surface area contributed by atoms with Crippen LogP contribution in [0.15, 0.2) is 72.8 Å². The van der Waals surface area contributed by atoms with Gasteiger partial charge >= 0.3 is 6.18 Å². The minimum Gasteiger partial charge on any atom is -0.309 e. The van der Waals surface area contributed by atoms with Gasteiger partial charge in [-0.25, -0.2) is 0 Å². The number of hydrogen-bond donors (Lipinski definition) is 1. The van der Waals surface area contributed by atoms with Gasteiger partial charge in [0.2, 0.25) is 0 Å². The van der Waals surface area contributed by atoms with E-state index < -0.39 is 11.7 Å². The molecular formula is C29H34F3N. The first-order chi connectivity index (χ1) is 15.9. The second kappa shape index (κ2) is 12.6. The van der Waals surface area contributed by atoms with E-state index in [1.165, 1.54) is 60.9 Å². The first-order valence-corrected chi connectivity index (χ1v) is 12.0. The number of alkyl halides is 3. The maximum atomic E-state index is 12.6. The second-order valence-electron chi connectivity index (χ2n) is 8.74. The van der Waals surface area contributed by atoms with E-state index in [2.05, 4.69) is 60.8 Å². The van der Waals surface area contributed by atoms with Crippen LogP contribution in [-0.4, -0.2) is 0 Å². The predicted molar refractivity (Wildman–Crippen MR) is 130 cm³/mol. The summed E-state index contributed by atoms with van der Waals surface area (Å²) in [6.45, 7) is 3.46. The Bertz CT molecular complexity index is 942. The molecular weight excluding hydrogens is 419 g/mol. The molecule has 33 heavy (non-hydrogen) atoms. The summed E-state index contributed by atoms with van der Waals surface area (Å²) in [6, 6.07) is 22.9. The Kier molecular flexibility index (Phi) is 9.56. The molecule has 0 aliphatic carbocycles. The Hall–Kier alpha value is -2.59. The third-order valence-corrected chi connectivity index (χ3v) is 6.01. The second-order valence-corrected chi connectivity index (χ2v) is 8.74. The summed E-state index contributed by atoms with van der Waals surface area (Å²) >= 11 is 0. The Morgan fingerprint density at radius 1 is 0.545 bits per heavy atom. The average molecular weight is 454 g/mol. The van der Waals surface area contributed by atoms with Crippen molar-refractivity contribution in [3.8, 4) is 0 Å². The van der Waals surface area contributed by atoms with Crippen molar-refractivity contribution in [3.63, 3.8) is 0 Å². The molecule has 0 radical (unpaired) electrons. The van der Waals surface area contributed by atoms with Crippen LogP contribution >= 0.6 is 0 Å². The molecule has 0 saturated heterocycles. The highest BCUT2D eigenvalue weighted by Crippen LogP contribution is 2.29. The molecule has 176 valence electrons. The molecule has 0 aliphatic rings. The number of aryl methyl sites for hydroxylation is 3. The van der Waals surface area contributed by atoms with Crippen molar-refractivity contribution in [2.24, 2.45) is 0 Å². The minimum atomic E-state index is -4.29. The highest BCUT2D eigenvalue weighted by Gasteiger charge is 2.29. The SMILES string of the molecule is CCCCCCc1ccc(CCc2ccc(CNCc3ccc(C(F)(F)F)cc3)cc2)cc1. The molecule has 3 aromatic carbocycles. The van der Waals surface area contributed by atoms with Gasteiger partial charge in [-0.3, -0.25) is 0 Å². The fourth-order valence-electron chi connectivity index (χ4n) is 3.90. The fraction of sp³-hybridized carbons (Fsp3) is 0.379. The van der Waals surface area contributed by atoms with Crippen LogP contribution in [0, 0.1) is 0 Å². The van der Waals surface area contributed by atoms with Gasteiger partial charge in [0.05, 0.1) is 5.56 Å². The summed E-state index contributed by atoms with van der Waals surface area (Å²) in [6.07, 6.45) is 4.12. The van der Waals surface area contributed by atoms with E-state index in [1.807, 2.05) is 0 Å². The molecule has 3 rings (SSSR count). The smallest absolute Gasteiger partial charge is 0.309 e. The van der Waals surface area contributed by atoms with Gasteiger partial charge in [-0.2, -0.15) is 13.2 Å². The van der Waals surface area contributed by atoms with Gasteiger partial charge in [-0.15, -0.1) is 0 Å². The number of halogens is 3. The zero-order chi connectivity index (χ0) is 23.5. The third-order valence-electron chi connectivity index (χ3n) is 6.01. The lowest BCUT2D eigenvalue weighted by atomic mass is 10.0. The number of unbranched alkanes of at least 4 members (excludes halogenated alkanes) is 3. The summed E-state index contributed by atoms with van der Waals surface area (Å²) in [5.74, 6) is 0. The lowest BCUT2D eigenvalue weighted by molar-refractivity contribution is -0.137. The molecule has 0 unspecified atom stereocenters. The molecule has 0 spiro atoms. The Labute approximate surface area is 196 Å². The van der Waals surface area contributed by atoms with E-state index in [0.29, 0.717) is 13.1 Å². The molecule has 0 saturated carbocycles. The topological polar surface area (TPSA) is 12.0 Å². The van der Waals surface area contributed by atoms with Gasteiger partial charge in [0.25, 0.3) is 0 Å². The zero-order valence-electron chi connectivity index (χ0n) is 19.4. The molecule has 0 heterocycles. The van der Waals surface area contributed by atoms with Gasteiger partial charge in [-0.1, -0.05) is 86.8 Å². The van der Waals surface area contributed by atoms with Crippen LogP contribution in [0.4, 0.5) is 13.2 Å². The van der Waals surface area contributed by atoms with E-state index >= 15 is 0 Å².